The van der Waals surface area contributed by atoms with Crippen molar-refractivity contribution in [3.8, 4) is 0 Å². The molecule has 0 spiro atoms. The molecule has 0 saturated carbocycles. The Morgan fingerprint density at radius 2 is 1.96 bits per heavy atom. The van der Waals surface area contributed by atoms with Gasteiger partial charge in [0.2, 0.25) is 0 Å². The molecule has 0 bridgehead atoms. The first kappa shape index (κ1) is 17.4. The van der Waals surface area contributed by atoms with Crippen molar-refractivity contribution in [2.75, 3.05) is 22.1 Å². The number of amides is 1. The molecular weight excluding hydrogens is 338 g/mol. The molecule has 1 unspecified atom stereocenters. The van der Waals surface area contributed by atoms with E-state index in [1.165, 1.54) is 5.56 Å². The van der Waals surface area contributed by atoms with Crippen LogP contribution in [-0.2, 0) is 9.84 Å². The minimum atomic E-state index is -2.96. The van der Waals surface area contributed by atoms with Crippen LogP contribution >= 0.6 is 0 Å². The number of aromatic nitrogens is 1. The fraction of sp³-hybridized carbons (Fsp3) is 0.333. The summed E-state index contributed by atoms with van der Waals surface area (Å²) in [7, 11) is -2.96. The summed E-state index contributed by atoms with van der Waals surface area (Å²) in [5.74, 6) is 0.577. The van der Waals surface area contributed by atoms with E-state index in [1.54, 1.807) is 18.3 Å². The zero-order valence-corrected chi connectivity index (χ0v) is 15.1. The number of anilines is 2. The second-order valence-corrected chi connectivity index (χ2v) is 8.66. The number of benzene rings is 1. The van der Waals surface area contributed by atoms with Gasteiger partial charge in [-0.2, -0.15) is 0 Å². The van der Waals surface area contributed by atoms with Gasteiger partial charge in [-0.15, -0.1) is 0 Å². The Morgan fingerprint density at radius 1 is 1.16 bits per heavy atom. The maximum Gasteiger partial charge on any atom is 0.255 e. The maximum absolute atomic E-state index is 12.4. The van der Waals surface area contributed by atoms with Crippen LogP contribution in [0.15, 0.2) is 36.5 Å². The molecule has 1 aromatic heterocycles. The number of hydrogen-bond donors (Lipinski definition) is 2. The molecule has 1 aliphatic rings. The van der Waals surface area contributed by atoms with Crippen LogP contribution in [0.4, 0.5) is 11.5 Å². The lowest BCUT2D eigenvalue weighted by molar-refractivity contribution is 0.102. The predicted octanol–water partition coefficient (Wildman–Crippen LogP) is 2.55. The number of carbonyl (C=O) groups is 1. The summed E-state index contributed by atoms with van der Waals surface area (Å²) < 4.78 is 23.1. The third-order valence-corrected chi connectivity index (χ3v) is 6.14. The Morgan fingerprint density at radius 3 is 2.64 bits per heavy atom. The first-order valence-corrected chi connectivity index (χ1v) is 9.96. The third-order valence-electron chi connectivity index (χ3n) is 4.37. The summed E-state index contributed by atoms with van der Waals surface area (Å²) >= 11 is 0. The zero-order chi connectivity index (χ0) is 18.0. The second kappa shape index (κ2) is 6.84. The van der Waals surface area contributed by atoms with Crippen molar-refractivity contribution in [2.45, 2.75) is 26.3 Å². The SMILES string of the molecule is Cc1ccc(NC(=O)c2ccnc(NC3CCS(=O)(=O)C3)c2)cc1C. The van der Waals surface area contributed by atoms with Gasteiger partial charge in [-0.05, 0) is 55.7 Å². The largest absolute Gasteiger partial charge is 0.366 e. The van der Waals surface area contributed by atoms with Gasteiger partial charge in [-0.3, -0.25) is 4.79 Å². The van der Waals surface area contributed by atoms with E-state index in [0.29, 0.717) is 17.8 Å². The summed E-state index contributed by atoms with van der Waals surface area (Å²) in [6.07, 6.45) is 2.10. The lowest BCUT2D eigenvalue weighted by Gasteiger charge is -2.12. The molecule has 25 heavy (non-hydrogen) atoms. The Hall–Kier alpha value is -2.41. The predicted molar refractivity (Wildman–Crippen MR) is 98.8 cm³/mol. The van der Waals surface area contributed by atoms with Crippen LogP contribution in [-0.4, -0.2) is 36.9 Å². The summed E-state index contributed by atoms with van der Waals surface area (Å²) in [6, 6.07) is 8.87. The number of rotatable bonds is 4. The Bertz CT molecular complexity index is 910. The lowest BCUT2D eigenvalue weighted by Crippen LogP contribution is -2.21. The quantitative estimate of drug-likeness (QED) is 0.876. The molecule has 2 N–H and O–H groups in total. The topological polar surface area (TPSA) is 88.2 Å². The van der Waals surface area contributed by atoms with Gasteiger partial charge in [0.05, 0.1) is 11.5 Å². The van der Waals surface area contributed by atoms with E-state index in [9.17, 15) is 13.2 Å². The fourth-order valence-electron chi connectivity index (χ4n) is 2.79. The van der Waals surface area contributed by atoms with Gasteiger partial charge >= 0.3 is 0 Å². The first-order valence-electron chi connectivity index (χ1n) is 8.14. The minimum Gasteiger partial charge on any atom is -0.366 e. The van der Waals surface area contributed by atoms with Crippen molar-refractivity contribution >= 4 is 27.2 Å². The molecule has 1 aromatic carbocycles. The second-order valence-electron chi connectivity index (χ2n) is 6.43. The monoisotopic (exact) mass is 359 g/mol. The van der Waals surface area contributed by atoms with Crippen molar-refractivity contribution in [1.29, 1.82) is 0 Å². The van der Waals surface area contributed by atoms with E-state index in [0.717, 1.165) is 11.3 Å². The number of aryl methyl sites for hydroxylation is 2. The molecule has 6 nitrogen and oxygen atoms in total. The Kier molecular flexibility index (Phi) is 4.76. The van der Waals surface area contributed by atoms with E-state index in [1.807, 2.05) is 32.0 Å². The average molecular weight is 359 g/mol. The van der Waals surface area contributed by atoms with Gasteiger partial charge < -0.3 is 10.6 Å². The molecule has 0 radical (unpaired) electrons. The van der Waals surface area contributed by atoms with Crippen LogP contribution in [0.3, 0.4) is 0 Å². The molecule has 132 valence electrons. The highest BCUT2D eigenvalue weighted by Crippen LogP contribution is 2.18. The van der Waals surface area contributed by atoms with E-state index in [4.69, 9.17) is 0 Å². The van der Waals surface area contributed by atoms with Gasteiger partial charge in [0.25, 0.3) is 5.91 Å². The van der Waals surface area contributed by atoms with Gasteiger partial charge in [0.1, 0.15) is 5.82 Å². The van der Waals surface area contributed by atoms with Crippen molar-refractivity contribution in [3.05, 3.63) is 53.2 Å². The van der Waals surface area contributed by atoms with Crippen molar-refractivity contribution in [1.82, 2.24) is 4.98 Å². The van der Waals surface area contributed by atoms with Crippen LogP contribution in [0.25, 0.3) is 0 Å². The Balaban J connectivity index is 1.70. The van der Waals surface area contributed by atoms with E-state index < -0.39 is 9.84 Å². The summed E-state index contributed by atoms with van der Waals surface area (Å²) in [4.78, 5) is 16.6. The first-order chi connectivity index (χ1) is 11.8. The molecule has 1 fully saturated rings. The number of pyridine rings is 1. The Labute approximate surface area is 147 Å². The molecule has 1 amide bonds. The van der Waals surface area contributed by atoms with Gasteiger partial charge in [0.15, 0.2) is 9.84 Å². The van der Waals surface area contributed by atoms with Gasteiger partial charge in [-0.25, -0.2) is 13.4 Å². The van der Waals surface area contributed by atoms with E-state index in [-0.39, 0.29) is 23.5 Å². The van der Waals surface area contributed by atoms with Crippen molar-refractivity contribution in [3.63, 3.8) is 0 Å². The molecule has 0 aliphatic carbocycles. The fourth-order valence-corrected chi connectivity index (χ4v) is 4.46. The number of nitrogens with zero attached hydrogens (tertiary/aromatic N) is 1. The highest BCUT2D eigenvalue weighted by Gasteiger charge is 2.28. The molecule has 3 rings (SSSR count). The molecule has 1 saturated heterocycles. The van der Waals surface area contributed by atoms with Crippen molar-refractivity contribution in [2.24, 2.45) is 0 Å². The minimum absolute atomic E-state index is 0.105. The maximum atomic E-state index is 12.4. The van der Waals surface area contributed by atoms with Gasteiger partial charge in [-0.1, -0.05) is 6.07 Å². The van der Waals surface area contributed by atoms with Crippen LogP contribution < -0.4 is 10.6 Å². The number of nitrogens with one attached hydrogen (secondary N) is 2. The van der Waals surface area contributed by atoms with E-state index >= 15 is 0 Å². The highest BCUT2D eigenvalue weighted by molar-refractivity contribution is 7.91. The smallest absolute Gasteiger partial charge is 0.255 e. The van der Waals surface area contributed by atoms with Gasteiger partial charge in [0, 0.05) is 23.5 Å². The summed E-state index contributed by atoms with van der Waals surface area (Å²) in [5.41, 5.74) is 3.48. The molecule has 2 heterocycles. The van der Waals surface area contributed by atoms with E-state index in [2.05, 4.69) is 15.6 Å². The molecule has 7 heteroatoms. The van der Waals surface area contributed by atoms with Crippen LogP contribution in [0.1, 0.15) is 27.9 Å². The highest BCUT2D eigenvalue weighted by atomic mass is 32.2. The standard InChI is InChI=1S/C18H21N3O3S/c1-12-3-4-15(9-13(12)2)21-18(22)14-5-7-19-17(10-14)20-16-6-8-25(23,24)11-16/h3-5,7,9-10,16H,6,8,11H2,1-2H3,(H,19,20)(H,21,22). The molecule has 1 atom stereocenters. The van der Waals surface area contributed by atoms with Crippen LogP contribution in [0, 0.1) is 13.8 Å². The lowest BCUT2D eigenvalue weighted by atomic mass is 10.1. The molecule has 1 aliphatic heterocycles. The molecule has 2 aromatic rings. The third kappa shape index (κ3) is 4.36. The van der Waals surface area contributed by atoms with Crippen LogP contribution in [0.2, 0.25) is 0 Å². The zero-order valence-electron chi connectivity index (χ0n) is 14.2. The van der Waals surface area contributed by atoms with Crippen LogP contribution in [0.5, 0.6) is 0 Å². The number of sulfone groups is 1. The number of carbonyl (C=O) groups excluding carboxylic acids is 1. The molecular formula is C18H21N3O3S. The average Bonchev–Trinajstić information content (AvgIpc) is 2.90. The number of hydrogen-bond acceptors (Lipinski definition) is 5. The summed E-state index contributed by atoms with van der Waals surface area (Å²) in [6.45, 7) is 4.01. The summed E-state index contributed by atoms with van der Waals surface area (Å²) in [5, 5.41) is 5.97. The van der Waals surface area contributed by atoms with Crippen molar-refractivity contribution < 1.29 is 13.2 Å². The normalized spacial score (nSPS) is 18.7.